The summed E-state index contributed by atoms with van der Waals surface area (Å²) in [6.07, 6.45) is -0.778. The molecule has 8 nitrogen and oxygen atoms in total. The highest BCUT2D eigenvalue weighted by atomic mass is 32.2. The van der Waals surface area contributed by atoms with Crippen LogP contribution in [0.25, 0.3) is 0 Å². The van der Waals surface area contributed by atoms with E-state index in [0.29, 0.717) is 0 Å². The van der Waals surface area contributed by atoms with Crippen molar-refractivity contribution in [2.45, 2.75) is 43.7 Å². The minimum atomic E-state index is -3.92. The number of alkyl carbamates (subject to hydrolysis) is 1. The summed E-state index contributed by atoms with van der Waals surface area (Å²) in [7, 11) is -7.40. The molecule has 2 rings (SSSR count). The minimum Gasteiger partial charge on any atom is -0.450 e. The van der Waals surface area contributed by atoms with Crippen LogP contribution >= 0.6 is 0 Å². The predicted molar refractivity (Wildman–Crippen MR) is 97.2 cm³/mol. The number of sulfonamides is 1. The van der Waals surface area contributed by atoms with Gasteiger partial charge in [-0.2, -0.15) is 0 Å². The summed E-state index contributed by atoms with van der Waals surface area (Å²) < 4.78 is 56.1. The van der Waals surface area contributed by atoms with Crippen molar-refractivity contribution in [1.82, 2.24) is 10.0 Å². The van der Waals surface area contributed by atoms with Crippen LogP contribution in [-0.4, -0.2) is 53.1 Å². The maximum absolute atomic E-state index is 12.6. The standard InChI is InChI=1S/C16H24N2O6S2/c1-4-24-16(19)17-14-9-25(20,21)10-15(14)18-26(22,23)13-7-5-12(6-8-13)11(2)3/h5-8,11,14-15,18H,4,9-10H2,1-3H3,(H,17,19)/t14-,15+/m1/s1. The van der Waals surface area contributed by atoms with Crippen LogP contribution < -0.4 is 10.0 Å². The van der Waals surface area contributed by atoms with Gasteiger partial charge in [-0.3, -0.25) is 0 Å². The Balaban J connectivity index is 2.18. The first-order valence-corrected chi connectivity index (χ1v) is 11.6. The molecule has 1 aromatic rings. The molecule has 0 bridgehead atoms. The van der Waals surface area contributed by atoms with Crippen LogP contribution in [0.2, 0.25) is 0 Å². The monoisotopic (exact) mass is 404 g/mol. The Kier molecular flexibility index (Phi) is 6.30. The van der Waals surface area contributed by atoms with Crippen LogP contribution in [0, 0.1) is 0 Å². The van der Waals surface area contributed by atoms with Gasteiger partial charge in [-0.25, -0.2) is 26.4 Å². The molecule has 2 atom stereocenters. The summed E-state index contributed by atoms with van der Waals surface area (Å²) in [6.45, 7) is 5.74. The number of sulfone groups is 1. The topological polar surface area (TPSA) is 119 Å². The zero-order valence-electron chi connectivity index (χ0n) is 14.9. The highest BCUT2D eigenvalue weighted by molar-refractivity contribution is 7.92. The van der Waals surface area contributed by atoms with Gasteiger partial charge in [0.05, 0.1) is 35.1 Å². The molecule has 146 valence electrons. The van der Waals surface area contributed by atoms with Gasteiger partial charge in [0.2, 0.25) is 10.0 Å². The van der Waals surface area contributed by atoms with E-state index in [1.54, 1.807) is 19.1 Å². The molecule has 1 aromatic carbocycles. The van der Waals surface area contributed by atoms with E-state index in [-0.39, 0.29) is 28.9 Å². The number of carbonyl (C=O) groups excluding carboxylic acids is 1. The number of carbonyl (C=O) groups is 1. The summed E-state index contributed by atoms with van der Waals surface area (Å²) in [5.74, 6) is -0.462. The molecule has 10 heteroatoms. The number of nitrogens with one attached hydrogen (secondary N) is 2. The molecule has 1 amide bonds. The van der Waals surface area contributed by atoms with Crippen LogP contribution in [0.1, 0.15) is 32.3 Å². The second-order valence-corrected chi connectivity index (χ2v) is 10.4. The van der Waals surface area contributed by atoms with Gasteiger partial charge in [-0.1, -0.05) is 26.0 Å². The smallest absolute Gasteiger partial charge is 0.407 e. The predicted octanol–water partition coefficient (Wildman–Crippen LogP) is 1.00. The Labute approximate surface area is 154 Å². The van der Waals surface area contributed by atoms with Crippen LogP contribution in [0.15, 0.2) is 29.2 Å². The molecule has 2 N–H and O–H groups in total. The van der Waals surface area contributed by atoms with Gasteiger partial charge in [0.15, 0.2) is 9.84 Å². The second-order valence-electron chi connectivity index (χ2n) is 6.50. The number of rotatable bonds is 6. The molecule has 1 saturated heterocycles. The van der Waals surface area contributed by atoms with Crippen molar-refractivity contribution in [3.63, 3.8) is 0 Å². The average molecular weight is 405 g/mol. The van der Waals surface area contributed by atoms with Crippen LogP contribution in [0.3, 0.4) is 0 Å². The number of ether oxygens (including phenoxy) is 1. The maximum Gasteiger partial charge on any atom is 0.407 e. The lowest BCUT2D eigenvalue weighted by molar-refractivity contribution is 0.148. The van der Waals surface area contributed by atoms with E-state index in [4.69, 9.17) is 4.74 Å². The van der Waals surface area contributed by atoms with E-state index in [1.165, 1.54) is 12.1 Å². The molecule has 1 aliphatic heterocycles. The fourth-order valence-corrected chi connectivity index (χ4v) is 5.97. The zero-order chi connectivity index (χ0) is 19.5. The fraction of sp³-hybridized carbons (Fsp3) is 0.562. The van der Waals surface area contributed by atoms with Crippen molar-refractivity contribution in [1.29, 1.82) is 0 Å². The van der Waals surface area contributed by atoms with Gasteiger partial charge in [0.1, 0.15) is 0 Å². The number of amides is 1. The Morgan fingerprint density at radius 2 is 1.77 bits per heavy atom. The molecular formula is C16H24N2O6S2. The largest absolute Gasteiger partial charge is 0.450 e. The lowest BCUT2D eigenvalue weighted by atomic mass is 10.0. The Bertz CT molecular complexity index is 847. The Morgan fingerprint density at radius 3 is 2.31 bits per heavy atom. The van der Waals surface area contributed by atoms with Crippen LogP contribution in [0.4, 0.5) is 4.79 Å². The van der Waals surface area contributed by atoms with Gasteiger partial charge in [0.25, 0.3) is 0 Å². The molecule has 1 fully saturated rings. The summed E-state index contributed by atoms with van der Waals surface area (Å²) in [4.78, 5) is 11.6. The first-order valence-electron chi connectivity index (χ1n) is 8.30. The lowest BCUT2D eigenvalue weighted by Gasteiger charge is -2.20. The third kappa shape index (κ3) is 5.18. The van der Waals surface area contributed by atoms with Crippen molar-refractivity contribution < 1.29 is 26.4 Å². The van der Waals surface area contributed by atoms with Crippen molar-refractivity contribution in [2.75, 3.05) is 18.1 Å². The molecule has 0 aromatic heterocycles. The van der Waals surface area contributed by atoms with E-state index in [2.05, 4.69) is 10.0 Å². The molecule has 0 spiro atoms. The molecule has 0 radical (unpaired) electrons. The SMILES string of the molecule is CCOC(=O)N[C@@H]1CS(=O)(=O)C[C@@H]1NS(=O)(=O)c1ccc(C(C)C)cc1. The van der Waals surface area contributed by atoms with Crippen LogP contribution in [-0.2, 0) is 24.6 Å². The van der Waals surface area contributed by atoms with E-state index in [1.807, 2.05) is 13.8 Å². The molecule has 1 aliphatic rings. The first-order chi connectivity index (χ1) is 12.0. The van der Waals surface area contributed by atoms with Gasteiger partial charge in [0, 0.05) is 0 Å². The number of hydrogen-bond acceptors (Lipinski definition) is 6. The van der Waals surface area contributed by atoms with E-state index >= 15 is 0 Å². The molecule has 0 aliphatic carbocycles. The van der Waals surface area contributed by atoms with Gasteiger partial charge in [-0.15, -0.1) is 0 Å². The van der Waals surface area contributed by atoms with Gasteiger partial charge >= 0.3 is 6.09 Å². The van der Waals surface area contributed by atoms with Crippen molar-refractivity contribution in [3.05, 3.63) is 29.8 Å². The third-order valence-electron chi connectivity index (χ3n) is 4.09. The summed E-state index contributed by atoms with van der Waals surface area (Å²) in [5, 5.41) is 2.42. The van der Waals surface area contributed by atoms with Gasteiger partial charge < -0.3 is 10.1 Å². The van der Waals surface area contributed by atoms with E-state index < -0.39 is 38.0 Å². The molecule has 26 heavy (non-hydrogen) atoms. The number of benzene rings is 1. The Hall–Kier alpha value is -1.65. The quantitative estimate of drug-likeness (QED) is 0.730. The molecule has 1 heterocycles. The lowest BCUT2D eigenvalue weighted by Crippen LogP contribution is -2.50. The normalized spacial score (nSPS) is 22.3. The van der Waals surface area contributed by atoms with Crippen LogP contribution in [0.5, 0.6) is 0 Å². The average Bonchev–Trinajstić information content (AvgIpc) is 2.80. The van der Waals surface area contributed by atoms with Crippen molar-refractivity contribution >= 4 is 26.0 Å². The van der Waals surface area contributed by atoms with Crippen molar-refractivity contribution in [3.8, 4) is 0 Å². The van der Waals surface area contributed by atoms with E-state index in [0.717, 1.165) is 5.56 Å². The molecule has 0 saturated carbocycles. The second kappa shape index (κ2) is 7.93. The summed E-state index contributed by atoms with van der Waals surface area (Å²) in [5.41, 5.74) is 0.995. The van der Waals surface area contributed by atoms with E-state index in [9.17, 15) is 21.6 Å². The minimum absolute atomic E-state index is 0.0427. The zero-order valence-corrected chi connectivity index (χ0v) is 16.6. The fourth-order valence-electron chi connectivity index (χ4n) is 2.73. The molecular weight excluding hydrogens is 380 g/mol. The van der Waals surface area contributed by atoms with Crippen molar-refractivity contribution in [2.24, 2.45) is 0 Å². The molecule has 0 unspecified atom stereocenters. The highest BCUT2D eigenvalue weighted by Gasteiger charge is 2.41. The maximum atomic E-state index is 12.6. The first kappa shape index (κ1) is 20.7. The highest BCUT2D eigenvalue weighted by Crippen LogP contribution is 2.20. The Morgan fingerprint density at radius 1 is 1.19 bits per heavy atom. The summed E-state index contributed by atoms with van der Waals surface area (Å²) >= 11 is 0. The number of hydrogen-bond donors (Lipinski definition) is 2. The van der Waals surface area contributed by atoms with Gasteiger partial charge in [-0.05, 0) is 30.5 Å². The summed E-state index contributed by atoms with van der Waals surface area (Å²) in [6, 6.07) is 4.56. The third-order valence-corrected chi connectivity index (χ3v) is 7.33.